The Morgan fingerprint density at radius 1 is 1.47 bits per heavy atom. The SMILES string of the molecule is CCNC(=N)c1sc2ccccc2c1O. The number of thiophene rings is 1. The first-order valence-electron chi connectivity index (χ1n) is 4.77. The van der Waals surface area contributed by atoms with E-state index in [4.69, 9.17) is 5.41 Å². The molecule has 0 radical (unpaired) electrons. The molecule has 78 valence electrons. The van der Waals surface area contributed by atoms with Crippen LogP contribution in [0.2, 0.25) is 0 Å². The zero-order valence-corrected chi connectivity index (χ0v) is 9.19. The first-order chi connectivity index (χ1) is 7.24. The van der Waals surface area contributed by atoms with Gasteiger partial charge in [-0.3, -0.25) is 5.41 Å². The van der Waals surface area contributed by atoms with Gasteiger partial charge in [0, 0.05) is 16.6 Å². The van der Waals surface area contributed by atoms with Crippen LogP contribution in [0.5, 0.6) is 5.75 Å². The van der Waals surface area contributed by atoms with Crippen LogP contribution in [0.3, 0.4) is 0 Å². The monoisotopic (exact) mass is 220 g/mol. The predicted octanol–water partition coefficient (Wildman–Crippen LogP) is 2.54. The Bertz CT molecular complexity index is 504. The molecule has 2 rings (SSSR count). The first-order valence-corrected chi connectivity index (χ1v) is 5.59. The fraction of sp³-hybridized carbons (Fsp3) is 0.182. The molecular formula is C11H12N2OS. The van der Waals surface area contributed by atoms with Crippen LogP contribution < -0.4 is 5.32 Å². The highest BCUT2D eigenvalue weighted by Crippen LogP contribution is 2.36. The molecule has 3 nitrogen and oxygen atoms in total. The normalized spacial score (nSPS) is 10.5. The van der Waals surface area contributed by atoms with Gasteiger partial charge in [0.15, 0.2) is 0 Å². The van der Waals surface area contributed by atoms with E-state index in [1.165, 1.54) is 11.3 Å². The van der Waals surface area contributed by atoms with Crippen molar-refractivity contribution in [3.63, 3.8) is 0 Å². The first kappa shape index (κ1) is 9.98. The standard InChI is InChI=1S/C11H12N2OS/c1-2-13-11(12)10-9(14)7-5-3-4-6-8(7)15-10/h3-6,14H,2H2,1H3,(H2,12,13). The summed E-state index contributed by atoms with van der Waals surface area (Å²) in [5.41, 5.74) is 0. The number of benzene rings is 1. The van der Waals surface area contributed by atoms with Crippen LogP contribution in [0.1, 0.15) is 11.8 Å². The third-order valence-corrected chi connectivity index (χ3v) is 3.33. The lowest BCUT2D eigenvalue weighted by molar-refractivity contribution is 0.482. The number of fused-ring (bicyclic) bond motifs is 1. The lowest BCUT2D eigenvalue weighted by Crippen LogP contribution is -2.21. The Balaban J connectivity index is 2.53. The van der Waals surface area contributed by atoms with Crippen LogP contribution in [0.25, 0.3) is 10.1 Å². The Morgan fingerprint density at radius 3 is 2.87 bits per heavy atom. The average Bonchev–Trinajstić information content (AvgIpc) is 2.57. The molecule has 0 aliphatic heterocycles. The maximum atomic E-state index is 9.92. The second kappa shape index (κ2) is 3.90. The van der Waals surface area contributed by atoms with E-state index in [2.05, 4.69) is 5.32 Å². The second-order valence-corrected chi connectivity index (χ2v) is 4.23. The van der Waals surface area contributed by atoms with Crippen molar-refractivity contribution >= 4 is 27.3 Å². The van der Waals surface area contributed by atoms with Gasteiger partial charge in [0.2, 0.25) is 0 Å². The fourth-order valence-electron chi connectivity index (χ4n) is 1.46. The Hall–Kier alpha value is -1.55. The number of hydrogen-bond acceptors (Lipinski definition) is 3. The highest BCUT2D eigenvalue weighted by atomic mass is 32.1. The molecule has 15 heavy (non-hydrogen) atoms. The molecule has 1 heterocycles. The summed E-state index contributed by atoms with van der Waals surface area (Å²) < 4.78 is 1.01. The number of rotatable bonds is 2. The average molecular weight is 220 g/mol. The largest absolute Gasteiger partial charge is 0.506 e. The molecule has 0 saturated heterocycles. The smallest absolute Gasteiger partial charge is 0.145 e. The summed E-state index contributed by atoms with van der Waals surface area (Å²) in [5, 5.41) is 21.4. The van der Waals surface area contributed by atoms with Gasteiger partial charge in [-0.25, -0.2) is 0 Å². The van der Waals surface area contributed by atoms with Crippen molar-refractivity contribution in [1.82, 2.24) is 5.32 Å². The van der Waals surface area contributed by atoms with E-state index in [1.807, 2.05) is 31.2 Å². The molecule has 0 amide bonds. The van der Waals surface area contributed by atoms with Crippen molar-refractivity contribution in [3.05, 3.63) is 29.1 Å². The molecule has 3 N–H and O–H groups in total. The summed E-state index contributed by atoms with van der Waals surface area (Å²) in [6.45, 7) is 2.62. The van der Waals surface area contributed by atoms with Gasteiger partial charge in [-0.15, -0.1) is 11.3 Å². The van der Waals surface area contributed by atoms with Gasteiger partial charge in [-0.1, -0.05) is 12.1 Å². The van der Waals surface area contributed by atoms with Crippen LogP contribution in [0.15, 0.2) is 24.3 Å². The molecule has 0 aliphatic carbocycles. The number of aromatic hydroxyl groups is 1. The van der Waals surface area contributed by atoms with Gasteiger partial charge < -0.3 is 10.4 Å². The van der Waals surface area contributed by atoms with Crippen molar-refractivity contribution in [2.24, 2.45) is 0 Å². The van der Waals surface area contributed by atoms with E-state index in [0.717, 1.165) is 10.1 Å². The van der Waals surface area contributed by atoms with Crippen LogP contribution in [-0.2, 0) is 0 Å². The van der Waals surface area contributed by atoms with E-state index in [9.17, 15) is 5.11 Å². The summed E-state index contributed by atoms with van der Waals surface area (Å²) >= 11 is 1.43. The fourth-order valence-corrected chi connectivity index (χ4v) is 2.48. The molecule has 0 spiro atoms. The zero-order chi connectivity index (χ0) is 10.8. The van der Waals surface area contributed by atoms with Crippen LogP contribution in [-0.4, -0.2) is 17.5 Å². The molecule has 1 aromatic heterocycles. The zero-order valence-electron chi connectivity index (χ0n) is 8.37. The van der Waals surface area contributed by atoms with Gasteiger partial charge in [0.05, 0.1) is 0 Å². The third-order valence-electron chi connectivity index (χ3n) is 2.15. The number of nitrogens with one attached hydrogen (secondary N) is 2. The minimum Gasteiger partial charge on any atom is -0.506 e. The summed E-state index contributed by atoms with van der Waals surface area (Å²) in [6, 6.07) is 7.63. The molecule has 0 aliphatic rings. The van der Waals surface area contributed by atoms with Crippen molar-refractivity contribution in [2.75, 3.05) is 6.54 Å². The lowest BCUT2D eigenvalue weighted by Gasteiger charge is -2.02. The molecule has 1 aromatic carbocycles. The summed E-state index contributed by atoms with van der Waals surface area (Å²) in [7, 11) is 0. The maximum Gasteiger partial charge on any atom is 0.145 e. The Kier molecular flexibility index (Phi) is 2.60. The van der Waals surface area contributed by atoms with Crippen LogP contribution >= 0.6 is 11.3 Å². The molecule has 0 unspecified atom stereocenters. The quantitative estimate of drug-likeness (QED) is 0.538. The highest BCUT2D eigenvalue weighted by molar-refractivity contribution is 7.21. The van der Waals surface area contributed by atoms with Crippen molar-refractivity contribution in [3.8, 4) is 5.75 Å². The summed E-state index contributed by atoms with van der Waals surface area (Å²) in [5.74, 6) is 0.498. The molecule has 0 fully saturated rings. The van der Waals surface area contributed by atoms with E-state index < -0.39 is 0 Å². The molecule has 0 bridgehead atoms. The Labute approximate surface area is 91.9 Å². The van der Waals surface area contributed by atoms with Gasteiger partial charge in [0.1, 0.15) is 16.5 Å². The van der Waals surface area contributed by atoms with Crippen molar-refractivity contribution in [2.45, 2.75) is 6.92 Å². The molecule has 2 aromatic rings. The summed E-state index contributed by atoms with van der Waals surface area (Å²) in [4.78, 5) is 0.609. The Morgan fingerprint density at radius 2 is 2.20 bits per heavy atom. The predicted molar refractivity (Wildman–Crippen MR) is 64.0 cm³/mol. The minimum absolute atomic E-state index is 0.210. The van der Waals surface area contributed by atoms with E-state index >= 15 is 0 Å². The lowest BCUT2D eigenvalue weighted by atomic mass is 10.2. The molecular weight excluding hydrogens is 208 g/mol. The molecule has 4 heteroatoms. The van der Waals surface area contributed by atoms with Crippen molar-refractivity contribution in [1.29, 1.82) is 5.41 Å². The molecule has 0 saturated carbocycles. The maximum absolute atomic E-state index is 9.92. The minimum atomic E-state index is 0.210. The number of hydrogen-bond donors (Lipinski definition) is 3. The van der Waals surface area contributed by atoms with Gasteiger partial charge in [-0.05, 0) is 19.1 Å². The summed E-state index contributed by atoms with van der Waals surface area (Å²) in [6.07, 6.45) is 0. The van der Waals surface area contributed by atoms with E-state index in [1.54, 1.807) is 0 Å². The van der Waals surface area contributed by atoms with Crippen LogP contribution in [0.4, 0.5) is 0 Å². The van der Waals surface area contributed by atoms with E-state index in [0.29, 0.717) is 11.4 Å². The van der Waals surface area contributed by atoms with Crippen LogP contribution in [0, 0.1) is 5.41 Å². The van der Waals surface area contributed by atoms with E-state index in [-0.39, 0.29) is 11.6 Å². The number of amidine groups is 1. The van der Waals surface area contributed by atoms with Gasteiger partial charge in [0.25, 0.3) is 0 Å². The van der Waals surface area contributed by atoms with Gasteiger partial charge >= 0.3 is 0 Å². The van der Waals surface area contributed by atoms with Crippen molar-refractivity contribution < 1.29 is 5.11 Å². The second-order valence-electron chi connectivity index (χ2n) is 3.18. The highest BCUT2D eigenvalue weighted by Gasteiger charge is 2.13. The third kappa shape index (κ3) is 1.68. The molecule has 0 atom stereocenters. The topological polar surface area (TPSA) is 56.1 Å². The van der Waals surface area contributed by atoms with Gasteiger partial charge in [-0.2, -0.15) is 0 Å².